The van der Waals surface area contributed by atoms with Crippen molar-refractivity contribution in [2.45, 2.75) is 40.2 Å². The fourth-order valence-corrected chi connectivity index (χ4v) is 2.96. The lowest BCUT2D eigenvalue weighted by Gasteiger charge is -2.25. The standard InChI is InChI=1S/C18H23N5O/c1-10-7-13-12(3)20-16(21-14(13)8-15(10)24-6)22-17-19-11(2)9-18(4,5)23-17/h7-9H,1-6H3,(H2,19,20,21,22,23). The van der Waals surface area contributed by atoms with Crippen molar-refractivity contribution in [1.82, 2.24) is 15.3 Å². The highest BCUT2D eigenvalue weighted by atomic mass is 16.5. The summed E-state index contributed by atoms with van der Waals surface area (Å²) in [6.45, 7) is 10.1. The lowest BCUT2D eigenvalue weighted by molar-refractivity contribution is 0.412. The van der Waals surface area contributed by atoms with Gasteiger partial charge in [0.1, 0.15) is 5.75 Å². The number of aryl methyl sites for hydroxylation is 2. The summed E-state index contributed by atoms with van der Waals surface area (Å²) in [5.74, 6) is 1.99. The number of benzene rings is 1. The van der Waals surface area contributed by atoms with Crippen LogP contribution in [0.3, 0.4) is 0 Å². The SMILES string of the molecule is COc1cc2nc(NC3=NC(C)(C)C=C(C)N3)nc(C)c2cc1C. The first-order valence-electron chi connectivity index (χ1n) is 7.94. The Labute approximate surface area is 142 Å². The first-order chi connectivity index (χ1) is 11.3. The van der Waals surface area contributed by atoms with Crippen LogP contribution in [0.2, 0.25) is 0 Å². The molecule has 0 bridgehead atoms. The summed E-state index contributed by atoms with van der Waals surface area (Å²) in [6, 6.07) is 4.00. The van der Waals surface area contributed by atoms with E-state index in [1.165, 1.54) is 0 Å². The van der Waals surface area contributed by atoms with Crippen molar-refractivity contribution in [1.29, 1.82) is 0 Å². The zero-order valence-electron chi connectivity index (χ0n) is 15.0. The van der Waals surface area contributed by atoms with Crippen molar-refractivity contribution in [3.63, 3.8) is 0 Å². The molecule has 0 amide bonds. The van der Waals surface area contributed by atoms with Gasteiger partial charge in [0, 0.05) is 17.1 Å². The molecule has 6 nitrogen and oxygen atoms in total. The number of nitrogens with zero attached hydrogens (tertiary/aromatic N) is 3. The summed E-state index contributed by atoms with van der Waals surface area (Å²) >= 11 is 0. The van der Waals surface area contributed by atoms with E-state index in [9.17, 15) is 0 Å². The van der Waals surface area contributed by atoms with Crippen LogP contribution in [0.25, 0.3) is 10.9 Å². The number of fused-ring (bicyclic) bond motifs is 1. The molecular weight excluding hydrogens is 302 g/mol. The first kappa shape index (κ1) is 16.2. The van der Waals surface area contributed by atoms with Crippen LogP contribution in [0.5, 0.6) is 5.75 Å². The lowest BCUT2D eigenvalue weighted by atomic mass is 10.0. The smallest absolute Gasteiger partial charge is 0.230 e. The maximum absolute atomic E-state index is 5.40. The molecule has 126 valence electrons. The summed E-state index contributed by atoms with van der Waals surface area (Å²) in [5.41, 5.74) is 3.61. The van der Waals surface area contributed by atoms with E-state index in [0.717, 1.165) is 33.6 Å². The van der Waals surface area contributed by atoms with Crippen LogP contribution in [0.1, 0.15) is 32.0 Å². The maximum Gasteiger partial charge on any atom is 0.230 e. The van der Waals surface area contributed by atoms with Gasteiger partial charge >= 0.3 is 0 Å². The number of aliphatic imine (C=N–C) groups is 1. The molecule has 1 aromatic carbocycles. The minimum absolute atomic E-state index is 0.260. The quantitative estimate of drug-likeness (QED) is 0.886. The molecule has 1 aliphatic rings. The van der Waals surface area contributed by atoms with E-state index in [-0.39, 0.29) is 5.54 Å². The van der Waals surface area contributed by atoms with E-state index in [2.05, 4.69) is 51.6 Å². The molecule has 0 saturated heterocycles. The second-order valence-electron chi connectivity index (χ2n) is 6.66. The largest absolute Gasteiger partial charge is 0.496 e. The molecule has 1 aromatic heterocycles. The number of guanidine groups is 1. The zero-order valence-corrected chi connectivity index (χ0v) is 15.0. The van der Waals surface area contributed by atoms with E-state index < -0.39 is 0 Å². The van der Waals surface area contributed by atoms with Crippen molar-refractivity contribution in [2.24, 2.45) is 4.99 Å². The van der Waals surface area contributed by atoms with E-state index >= 15 is 0 Å². The van der Waals surface area contributed by atoms with Crippen LogP contribution in [0.15, 0.2) is 28.9 Å². The molecule has 6 heteroatoms. The van der Waals surface area contributed by atoms with E-state index in [1.54, 1.807) is 7.11 Å². The molecule has 0 unspecified atom stereocenters. The molecule has 2 N–H and O–H groups in total. The van der Waals surface area contributed by atoms with Gasteiger partial charge in [0.05, 0.1) is 23.9 Å². The van der Waals surface area contributed by atoms with Crippen molar-refractivity contribution in [3.8, 4) is 5.75 Å². The molecule has 0 radical (unpaired) electrons. The van der Waals surface area contributed by atoms with Gasteiger partial charge in [0.15, 0.2) is 0 Å². The van der Waals surface area contributed by atoms with Gasteiger partial charge in [0.25, 0.3) is 0 Å². The molecule has 0 saturated carbocycles. The van der Waals surface area contributed by atoms with Gasteiger partial charge < -0.3 is 10.1 Å². The van der Waals surface area contributed by atoms with Gasteiger partial charge in [-0.25, -0.2) is 15.0 Å². The molecule has 2 heterocycles. The van der Waals surface area contributed by atoms with Gasteiger partial charge in [-0.1, -0.05) is 0 Å². The molecular formula is C18H23N5O. The number of methoxy groups -OCH3 is 1. The predicted octanol–water partition coefficient (Wildman–Crippen LogP) is 3.31. The fraction of sp³-hybridized carbons (Fsp3) is 0.389. The van der Waals surface area contributed by atoms with Crippen LogP contribution < -0.4 is 15.4 Å². The summed E-state index contributed by atoms with van der Waals surface area (Å²) in [5, 5.41) is 7.42. The van der Waals surface area contributed by atoms with Gasteiger partial charge in [-0.2, -0.15) is 0 Å². The normalized spacial score (nSPS) is 16.2. The molecule has 0 spiro atoms. The number of hydrogen-bond donors (Lipinski definition) is 2. The number of allylic oxidation sites excluding steroid dienone is 1. The highest BCUT2D eigenvalue weighted by Gasteiger charge is 2.20. The summed E-state index contributed by atoms with van der Waals surface area (Å²) in [7, 11) is 1.67. The number of anilines is 1. The molecule has 1 aliphatic heterocycles. The highest BCUT2D eigenvalue weighted by molar-refractivity contribution is 5.95. The number of aromatic nitrogens is 2. The number of rotatable bonds is 2. The first-order valence-corrected chi connectivity index (χ1v) is 7.94. The minimum atomic E-state index is -0.260. The van der Waals surface area contributed by atoms with Crippen LogP contribution in [0, 0.1) is 13.8 Å². The minimum Gasteiger partial charge on any atom is -0.496 e. The van der Waals surface area contributed by atoms with Crippen LogP contribution in [-0.4, -0.2) is 28.6 Å². The third-order valence-electron chi connectivity index (χ3n) is 3.92. The molecule has 3 rings (SSSR count). The summed E-state index contributed by atoms with van der Waals surface area (Å²) < 4.78 is 5.40. The molecule has 0 fully saturated rings. The number of ether oxygens (including phenoxy) is 1. The zero-order chi connectivity index (χ0) is 17.5. The Kier molecular flexibility index (Phi) is 3.91. The van der Waals surface area contributed by atoms with Gasteiger partial charge in [0.2, 0.25) is 11.9 Å². The third-order valence-corrected chi connectivity index (χ3v) is 3.92. The van der Waals surface area contributed by atoms with Gasteiger partial charge in [-0.3, -0.25) is 5.32 Å². The topological polar surface area (TPSA) is 71.4 Å². The Morgan fingerprint density at radius 3 is 2.54 bits per heavy atom. The lowest BCUT2D eigenvalue weighted by Crippen LogP contribution is -2.38. The molecule has 24 heavy (non-hydrogen) atoms. The Morgan fingerprint density at radius 1 is 1.12 bits per heavy atom. The van der Waals surface area contributed by atoms with Crippen molar-refractivity contribution >= 4 is 22.8 Å². The monoisotopic (exact) mass is 325 g/mol. The van der Waals surface area contributed by atoms with Gasteiger partial charge in [-0.05, 0) is 52.3 Å². The maximum atomic E-state index is 5.40. The van der Waals surface area contributed by atoms with Crippen molar-refractivity contribution in [2.75, 3.05) is 12.4 Å². The average molecular weight is 325 g/mol. The fourth-order valence-electron chi connectivity index (χ4n) is 2.96. The Hall–Kier alpha value is -2.63. The molecule has 0 atom stereocenters. The van der Waals surface area contributed by atoms with Crippen LogP contribution >= 0.6 is 0 Å². The third kappa shape index (κ3) is 3.18. The van der Waals surface area contributed by atoms with Gasteiger partial charge in [-0.15, -0.1) is 0 Å². The van der Waals surface area contributed by atoms with Crippen LogP contribution in [-0.2, 0) is 0 Å². The predicted molar refractivity (Wildman–Crippen MR) is 97.6 cm³/mol. The van der Waals surface area contributed by atoms with E-state index in [1.807, 2.05) is 26.8 Å². The summed E-state index contributed by atoms with van der Waals surface area (Å²) in [6.07, 6.45) is 2.08. The molecule has 0 aliphatic carbocycles. The van der Waals surface area contributed by atoms with E-state index in [4.69, 9.17) is 4.74 Å². The van der Waals surface area contributed by atoms with Crippen molar-refractivity contribution < 1.29 is 4.74 Å². The summed E-state index contributed by atoms with van der Waals surface area (Å²) in [4.78, 5) is 13.8. The Balaban J connectivity index is 1.99. The number of nitrogens with one attached hydrogen (secondary N) is 2. The second kappa shape index (κ2) is 5.78. The van der Waals surface area contributed by atoms with E-state index in [0.29, 0.717) is 11.9 Å². The Bertz CT molecular complexity index is 867. The number of hydrogen-bond acceptors (Lipinski definition) is 6. The van der Waals surface area contributed by atoms with Crippen molar-refractivity contribution in [3.05, 3.63) is 35.2 Å². The second-order valence-corrected chi connectivity index (χ2v) is 6.66. The van der Waals surface area contributed by atoms with Crippen LogP contribution in [0.4, 0.5) is 5.95 Å². The highest BCUT2D eigenvalue weighted by Crippen LogP contribution is 2.26. The average Bonchev–Trinajstić information content (AvgIpc) is 2.45. The molecule has 2 aromatic rings. The Morgan fingerprint density at radius 2 is 1.88 bits per heavy atom.